The van der Waals surface area contributed by atoms with Crippen molar-refractivity contribution in [3.8, 4) is 17.2 Å². The minimum absolute atomic E-state index is 0.0458. The van der Waals surface area contributed by atoms with E-state index in [2.05, 4.69) is 0 Å². The molecule has 0 atom stereocenters. The van der Waals surface area contributed by atoms with Crippen molar-refractivity contribution in [2.75, 3.05) is 6.54 Å². The molecule has 2 aromatic rings. The van der Waals surface area contributed by atoms with Gasteiger partial charge in [-0.15, -0.1) is 0 Å². The van der Waals surface area contributed by atoms with Crippen molar-refractivity contribution in [3.63, 3.8) is 0 Å². The Balaban J connectivity index is 1.82. The zero-order chi connectivity index (χ0) is 16.8. The Bertz CT molecular complexity index is 728. The van der Waals surface area contributed by atoms with Gasteiger partial charge in [0.25, 0.3) is 0 Å². The first kappa shape index (κ1) is 16.5. The van der Waals surface area contributed by atoms with Crippen LogP contribution in [0.25, 0.3) is 0 Å². The van der Waals surface area contributed by atoms with Crippen molar-refractivity contribution in [1.82, 2.24) is 0 Å². The molecule has 0 spiro atoms. The molecule has 23 heavy (non-hydrogen) atoms. The lowest BCUT2D eigenvalue weighted by molar-refractivity contribution is -0.555. The van der Waals surface area contributed by atoms with Crippen LogP contribution in [0, 0.1) is 5.41 Å². The highest BCUT2D eigenvalue weighted by atomic mass is 16.3. The molecule has 0 saturated heterocycles. The number of phenols is 3. The van der Waals surface area contributed by atoms with Gasteiger partial charge in [-0.05, 0) is 30.7 Å². The van der Waals surface area contributed by atoms with Gasteiger partial charge in [0.2, 0.25) is 0 Å². The van der Waals surface area contributed by atoms with Crippen LogP contribution >= 0.6 is 0 Å². The molecule has 0 radical (unpaired) electrons. The van der Waals surface area contributed by atoms with E-state index in [9.17, 15) is 20.1 Å². The molecule has 120 valence electrons. The van der Waals surface area contributed by atoms with E-state index in [1.807, 2.05) is 0 Å². The van der Waals surface area contributed by atoms with Crippen LogP contribution in [0.4, 0.5) is 0 Å². The quantitative estimate of drug-likeness (QED) is 0.408. The minimum atomic E-state index is -0.248. The van der Waals surface area contributed by atoms with Gasteiger partial charge < -0.3 is 20.7 Å². The number of rotatable bonds is 6. The maximum absolute atomic E-state index is 11.9. The number of amides is 1. The number of quaternary nitrogens is 1. The molecule has 1 amide bonds. The second kappa shape index (κ2) is 7.42. The smallest absolute Gasteiger partial charge is 0.346 e. The predicted molar refractivity (Wildman–Crippen MR) is 85.1 cm³/mol. The van der Waals surface area contributed by atoms with Gasteiger partial charge in [0.05, 0.1) is 6.54 Å². The zero-order valence-corrected chi connectivity index (χ0v) is 12.5. The summed E-state index contributed by atoms with van der Waals surface area (Å²) in [7, 11) is 0. The maximum Gasteiger partial charge on any atom is 0.346 e. The second-order valence-electron chi connectivity index (χ2n) is 5.16. The fourth-order valence-corrected chi connectivity index (χ4v) is 2.21. The highest BCUT2D eigenvalue weighted by Crippen LogP contribution is 2.23. The highest BCUT2D eigenvalue weighted by Gasteiger charge is 2.14. The third-order valence-corrected chi connectivity index (χ3v) is 3.44. The fraction of sp³-hybridized carbons (Fsp3) is 0.176. The van der Waals surface area contributed by atoms with Crippen LogP contribution in [0.2, 0.25) is 0 Å². The van der Waals surface area contributed by atoms with Crippen molar-refractivity contribution in [1.29, 1.82) is 5.41 Å². The number of para-hydroxylation sites is 1. The number of aromatic hydroxyl groups is 3. The number of nitrogens with two attached hydrogens (primary N) is 1. The fourth-order valence-electron chi connectivity index (χ4n) is 2.21. The Kier molecular flexibility index (Phi) is 5.32. The van der Waals surface area contributed by atoms with E-state index in [0.717, 1.165) is 0 Å². The van der Waals surface area contributed by atoms with Crippen LogP contribution in [0.15, 0.2) is 42.5 Å². The van der Waals surface area contributed by atoms with Crippen LogP contribution in [-0.4, -0.2) is 33.5 Å². The van der Waals surface area contributed by atoms with Gasteiger partial charge in [-0.3, -0.25) is 5.32 Å². The molecule has 0 aliphatic heterocycles. The number of carbonyl (C=O) groups is 1. The normalized spacial score (nSPS) is 10.4. The molecule has 6 heteroatoms. The summed E-state index contributed by atoms with van der Waals surface area (Å²) in [5.41, 5.74) is 0.875. The van der Waals surface area contributed by atoms with E-state index in [1.54, 1.807) is 18.2 Å². The van der Waals surface area contributed by atoms with Gasteiger partial charge in [-0.1, -0.05) is 12.1 Å². The maximum atomic E-state index is 11.9. The van der Waals surface area contributed by atoms with Crippen LogP contribution in [-0.2, 0) is 0 Å². The third-order valence-electron chi connectivity index (χ3n) is 3.44. The molecule has 0 bridgehead atoms. The average Bonchev–Trinajstić information content (AvgIpc) is 2.51. The number of hydrogen-bond acceptors (Lipinski definition) is 5. The molecule has 6 nitrogen and oxygen atoms in total. The molecule has 0 unspecified atom stereocenters. The van der Waals surface area contributed by atoms with Crippen LogP contribution in [0.3, 0.4) is 0 Å². The minimum Gasteiger partial charge on any atom is -0.508 e. The summed E-state index contributed by atoms with van der Waals surface area (Å²) >= 11 is 0. The monoisotopic (exact) mass is 315 g/mol. The van der Waals surface area contributed by atoms with E-state index in [0.29, 0.717) is 24.9 Å². The Morgan fingerprint density at radius 2 is 1.74 bits per heavy atom. The van der Waals surface area contributed by atoms with Crippen molar-refractivity contribution in [2.24, 2.45) is 0 Å². The van der Waals surface area contributed by atoms with E-state index < -0.39 is 0 Å². The van der Waals surface area contributed by atoms with Gasteiger partial charge in [-0.25, -0.2) is 4.79 Å². The molecule has 0 aliphatic carbocycles. The number of primary amides is 1. The molecule has 0 heterocycles. The van der Waals surface area contributed by atoms with Gasteiger partial charge in [0.15, 0.2) is 0 Å². The van der Waals surface area contributed by atoms with Crippen molar-refractivity contribution >= 4 is 11.6 Å². The van der Waals surface area contributed by atoms with Crippen molar-refractivity contribution in [2.45, 2.75) is 12.8 Å². The van der Waals surface area contributed by atoms with Crippen LogP contribution in [0.1, 0.15) is 28.8 Å². The summed E-state index contributed by atoms with van der Waals surface area (Å²) in [4.78, 5) is 11.9. The Morgan fingerprint density at radius 3 is 2.43 bits per heavy atom. The van der Waals surface area contributed by atoms with Gasteiger partial charge in [0.1, 0.15) is 22.8 Å². The second-order valence-corrected chi connectivity index (χ2v) is 5.16. The number of benzene rings is 2. The predicted octanol–water partition coefficient (Wildman–Crippen LogP) is 1.36. The lowest BCUT2D eigenvalue weighted by Crippen LogP contribution is -2.88. The summed E-state index contributed by atoms with van der Waals surface area (Å²) in [6.07, 6.45) is 0.960. The number of phenolic OH excluding ortho intramolecular Hbond substituents is 2. The first-order valence-electron chi connectivity index (χ1n) is 7.24. The molecule has 2 aromatic carbocycles. The Labute approximate surface area is 133 Å². The van der Waals surface area contributed by atoms with Gasteiger partial charge in [-0.2, -0.15) is 0 Å². The summed E-state index contributed by atoms with van der Waals surface area (Å²) in [5.74, 6) is -0.484. The van der Waals surface area contributed by atoms with E-state index in [1.165, 1.54) is 29.6 Å². The zero-order valence-electron chi connectivity index (χ0n) is 12.5. The summed E-state index contributed by atoms with van der Waals surface area (Å²) < 4.78 is 0. The average molecular weight is 315 g/mol. The lowest BCUT2D eigenvalue weighted by Gasteiger charge is -2.07. The molecular weight excluding hydrogens is 296 g/mol. The van der Waals surface area contributed by atoms with Gasteiger partial charge in [0, 0.05) is 23.8 Å². The number of hydrogen-bond donors (Lipinski definition) is 5. The lowest BCUT2D eigenvalue weighted by atomic mass is 10.0. The SMILES string of the molecule is N=C(CCC[NH2+]C(=O)c1ccccc1O)c1ccc(O)cc1O. The number of nitrogens with one attached hydrogen (secondary N) is 1. The van der Waals surface area contributed by atoms with Gasteiger partial charge >= 0.3 is 5.91 Å². The van der Waals surface area contributed by atoms with Crippen molar-refractivity contribution in [3.05, 3.63) is 53.6 Å². The highest BCUT2D eigenvalue weighted by molar-refractivity contribution is 6.00. The van der Waals surface area contributed by atoms with E-state index in [-0.39, 0.29) is 34.4 Å². The standard InChI is InChI=1S/C17H18N2O4/c18-14(12-8-7-11(20)10-16(12)22)5-3-9-19-17(23)13-4-1-2-6-15(13)21/h1-2,4,6-8,10,18,20-22H,3,5,9H2,(H,19,23)/p+1. The van der Waals surface area contributed by atoms with Crippen LogP contribution in [0.5, 0.6) is 17.2 Å². The molecule has 2 rings (SSSR count). The van der Waals surface area contributed by atoms with E-state index in [4.69, 9.17) is 5.41 Å². The Hall–Kier alpha value is -2.86. The first-order valence-corrected chi connectivity index (χ1v) is 7.24. The summed E-state index contributed by atoms with van der Waals surface area (Å²) in [6, 6.07) is 10.5. The molecular formula is C17H19N2O4+. The third kappa shape index (κ3) is 4.31. The largest absolute Gasteiger partial charge is 0.508 e. The summed E-state index contributed by atoms with van der Waals surface area (Å²) in [5, 5.41) is 38.0. The van der Waals surface area contributed by atoms with Crippen molar-refractivity contribution < 1.29 is 25.4 Å². The topological polar surface area (TPSA) is 118 Å². The summed E-state index contributed by atoms with van der Waals surface area (Å²) in [6.45, 7) is 0.467. The Morgan fingerprint density at radius 1 is 1.00 bits per heavy atom. The molecule has 0 fully saturated rings. The molecule has 0 aromatic heterocycles. The van der Waals surface area contributed by atoms with Crippen LogP contribution < -0.4 is 5.32 Å². The molecule has 0 saturated carbocycles. The van der Waals surface area contributed by atoms with E-state index >= 15 is 0 Å². The first-order chi connectivity index (χ1) is 11.0. The molecule has 0 aliphatic rings. The molecule has 6 N–H and O–H groups in total. The number of carbonyl (C=O) groups excluding carboxylic acids is 1.